The zero-order valence-corrected chi connectivity index (χ0v) is 33.6. The summed E-state index contributed by atoms with van der Waals surface area (Å²) in [5.41, 5.74) is -0.119. The second-order valence-corrected chi connectivity index (χ2v) is 10.1. The van der Waals surface area contributed by atoms with Gasteiger partial charge in [0, 0.05) is 0 Å². The average Bonchev–Trinajstić information content (AvgIpc) is 2.99. The van der Waals surface area contributed by atoms with Crippen LogP contribution in [0.5, 0.6) is 69.0 Å². The van der Waals surface area contributed by atoms with Gasteiger partial charge in [-0.3, -0.25) is 0 Å². The van der Waals surface area contributed by atoms with Crippen molar-refractivity contribution in [3.63, 3.8) is 0 Å². The van der Waals surface area contributed by atoms with E-state index in [4.69, 9.17) is 61.3 Å². The molecule has 0 aliphatic heterocycles. The molecule has 0 aliphatic rings. The Morgan fingerprint density at radius 1 is 0.320 bits per heavy atom. The van der Waals surface area contributed by atoms with Crippen LogP contribution in [0.15, 0.2) is 48.5 Å². The van der Waals surface area contributed by atoms with Gasteiger partial charge in [-0.05, 0) is 91.0 Å². The molecule has 0 fully saturated rings. The topological polar surface area (TPSA) is 335 Å². The van der Waals surface area contributed by atoms with Crippen molar-refractivity contribution in [3.05, 3.63) is 70.8 Å². The van der Waals surface area contributed by atoms with Crippen LogP contribution in [0, 0.1) is 0 Å². The fourth-order valence-electron chi connectivity index (χ4n) is 2.89. The summed E-state index contributed by atoms with van der Waals surface area (Å²) in [7, 11) is 0. The normalized spacial score (nSPS) is 9.28. The van der Waals surface area contributed by atoms with Crippen LogP contribution in [0.2, 0.25) is 0 Å². The number of aromatic hydroxyl groups is 12. The van der Waals surface area contributed by atoms with Gasteiger partial charge in [-0.15, -0.1) is 0 Å². The van der Waals surface area contributed by atoms with Gasteiger partial charge in [0.2, 0.25) is 0 Å². The van der Waals surface area contributed by atoms with Gasteiger partial charge < -0.3 is 81.7 Å². The Morgan fingerprint density at radius 3 is 0.500 bits per heavy atom. The Balaban J connectivity index is 0. The standard InChI is InChI=1S/4C7H6O4S.Ca.Sr/c4*8-4-1-3(7(11)12)2-5(9)6(4)10;;/h4*1-2,8-10H,(H,11,12);;/q;;;;2*+2/p-4. The van der Waals surface area contributed by atoms with E-state index < -0.39 is 89.2 Å². The number of hydrogen-bond acceptors (Lipinski definition) is 20. The second kappa shape index (κ2) is 21.9. The van der Waals surface area contributed by atoms with Crippen molar-refractivity contribution >= 4 is 152 Å². The van der Waals surface area contributed by atoms with Gasteiger partial charge in [0.25, 0.3) is 0 Å². The molecule has 256 valence electrons. The summed E-state index contributed by atoms with van der Waals surface area (Å²) in [5, 5.41) is 146. The molecule has 0 saturated carbocycles. The third-order valence-corrected chi connectivity index (χ3v) is 6.16. The van der Waals surface area contributed by atoms with Gasteiger partial charge in [-0.1, -0.05) is 48.9 Å². The first-order chi connectivity index (χ1) is 22.1. The molecule has 0 heterocycles. The van der Waals surface area contributed by atoms with E-state index in [-0.39, 0.29) is 105 Å². The third-order valence-electron chi connectivity index (χ3n) is 5.22. The maximum atomic E-state index is 10.6. The van der Waals surface area contributed by atoms with Crippen molar-refractivity contribution < 1.29 is 81.7 Å². The molecule has 0 aliphatic carbocycles. The first kappa shape index (κ1) is 48.9. The number of rotatable bonds is 4. The Bertz CT molecular complexity index is 1530. The van der Waals surface area contributed by atoms with E-state index in [9.17, 15) is 20.4 Å². The predicted molar refractivity (Wildman–Crippen MR) is 184 cm³/mol. The van der Waals surface area contributed by atoms with Crippen LogP contribution in [0.4, 0.5) is 0 Å². The maximum Gasteiger partial charge on any atom is 2.00 e. The van der Waals surface area contributed by atoms with Gasteiger partial charge >= 0.3 is 83.2 Å². The molecule has 16 nitrogen and oxygen atoms in total. The van der Waals surface area contributed by atoms with Crippen LogP contribution < -0.4 is 20.4 Å². The maximum absolute atomic E-state index is 10.6. The summed E-state index contributed by atoms with van der Waals surface area (Å²) in [5.74, 6) is -7.16. The van der Waals surface area contributed by atoms with Gasteiger partial charge in [0.05, 0.1) is 0 Å². The minimum Gasteiger partial charge on any atom is -0.864 e. The molecule has 0 aromatic heterocycles. The first-order valence-electron chi connectivity index (χ1n) is 11.9. The van der Waals surface area contributed by atoms with Gasteiger partial charge in [-0.2, -0.15) is 0 Å². The molecule has 4 aromatic rings. The molecule has 0 amide bonds. The largest absolute Gasteiger partial charge is 2.00 e. The Kier molecular flexibility index (Phi) is 21.4. The van der Waals surface area contributed by atoms with Gasteiger partial charge in [-0.25, -0.2) is 0 Å². The van der Waals surface area contributed by atoms with Gasteiger partial charge in [0.15, 0.2) is 69.0 Å². The summed E-state index contributed by atoms with van der Waals surface area (Å²) < 4.78 is 0. The second-order valence-electron chi connectivity index (χ2n) is 8.60. The molecule has 12 N–H and O–H groups in total. The molecule has 0 saturated heterocycles. The number of phenols is 12. The smallest absolute Gasteiger partial charge is 0.864 e. The van der Waals surface area contributed by atoms with Crippen molar-refractivity contribution in [3.8, 4) is 69.0 Å². The van der Waals surface area contributed by atoms with Crippen molar-refractivity contribution in [2.45, 2.75) is 0 Å². The molecule has 0 spiro atoms. The Labute approximate surface area is 369 Å². The molecule has 0 radical (unpaired) electrons. The van der Waals surface area contributed by atoms with Crippen LogP contribution in [-0.2, 0) is 0 Å². The molecular formula is C28H20CaO16S4Sr. The number of benzene rings is 4. The predicted octanol–water partition coefficient (Wildman–Crippen LogP) is -1.40. The number of thiocarbonyl (C=S) groups is 4. The van der Waals surface area contributed by atoms with Crippen molar-refractivity contribution in [1.29, 1.82) is 0 Å². The van der Waals surface area contributed by atoms with E-state index in [1.165, 1.54) is 0 Å². The summed E-state index contributed by atoms with van der Waals surface area (Å²) >= 11 is 17.1. The molecule has 4 rings (SSSR count). The summed E-state index contributed by atoms with van der Waals surface area (Å²) in [6.45, 7) is 0. The van der Waals surface area contributed by atoms with E-state index in [1.54, 1.807) is 0 Å². The Hall–Kier alpha value is -3.22. The van der Waals surface area contributed by atoms with Crippen molar-refractivity contribution in [2.75, 3.05) is 0 Å². The minimum atomic E-state index is -0.708. The molecule has 4 aromatic carbocycles. The SMILES string of the molecule is [Ca+2].[O-]C(=S)c1cc(O)c(O)c(O)c1.[O-]C(=S)c1cc(O)c(O)c(O)c1.[O-]C(=S)c1cc(O)c(O)c(O)c1.[O-]C(=S)c1cc(O)c(O)c(O)c1.[Sr+2]. The quantitative estimate of drug-likeness (QED) is 0.0637. The monoisotopic (exact) mass is 868 g/mol. The van der Waals surface area contributed by atoms with E-state index in [1.807, 2.05) is 0 Å². The van der Waals surface area contributed by atoms with E-state index in [0.29, 0.717) is 0 Å². The number of phenolic OH excluding ortho intramolecular Hbond substituents is 12. The molecular weight excluding hydrogens is 848 g/mol. The average molecular weight is 868 g/mol. The zero-order chi connectivity index (χ0) is 37.2. The molecule has 22 heteroatoms. The van der Waals surface area contributed by atoms with Crippen LogP contribution >= 0.6 is 48.9 Å². The zero-order valence-electron chi connectivity index (χ0n) is 24.7. The Morgan fingerprint density at radius 2 is 0.420 bits per heavy atom. The van der Waals surface area contributed by atoms with Crippen molar-refractivity contribution in [1.82, 2.24) is 0 Å². The van der Waals surface area contributed by atoms with Crippen LogP contribution in [0.1, 0.15) is 22.3 Å². The summed E-state index contributed by atoms with van der Waals surface area (Å²) in [4.78, 5) is 0. The van der Waals surface area contributed by atoms with Gasteiger partial charge in [0.1, 0.15) is 0 Å². The molecule has 0 unspecified atom stereocenters. The minimum absolute atomic E-state index is 0. The van der Waals surface area contributed by atoms with Crippen LogP contribution in [0.3, 0.4) is 0 Å². The first-order valence-corrected chi connectivity index (χ1v) is 13.6. The number of hydrogen-bond donors (Lipinski definition) is 12. The summed E-state index contributed by atoms with van der Waals surface area (Å²) in [6, 6.07) is 7.92. The molecule has 0 atom stereocenters. The van der Waals surface area contributed by atoms with Crippen LogP contribution in [0.25, 0.3) is 0 Å². The molecule has 0 bridgehead atoms. The fourth-order valence-corrected chi connectivity index (χ4v) is 3.36. The fraction of sp³-hybridized carbons (Fsp3) is 0. The summed E-state index contributed by atoms with van der Waals surface area (Å²) in [6.07, 6.45) is 0. The third kappa shape index (κ3) is 14.6. The molecule has 50 heavy (non-hydrogen) atoms. The van der Waals surface area contributed by atoms with E-state index >= 15 is 0 Å². The van der Waals surface area contributed by atoms with Crippen LogP contribution in [-0.4, -0.2) is 165 Å². The van der Waals surface area contributed by atoms with E-state index in [2.05, 4.69) is 48.9 Å². The van der Waals surface area contributed by atoms with E-state index in [0.717, 1.165) is 48.5 Å². The van der Waals surface area contributed by atoms with Crippen molar-refractivity contribution in [2.24, 2.45) is 0 Å².